The van der Waals surface area contributed by atoms with Gasteiger partial charge in [-0.15, -0.1) is 0 Å². The number of hydrogen-bond acceptors (Lipinski definition) is 11. The molecule has 3 aliphatic carbocycles. The van der Waals surface area contributed by atoms with E-state index in [1.165, 1.54) is 19.0 Å². The number of phenols is 1. The first-order chi connectivity index (χ1) is 20.7. The van der Waals surface area contributed by atoms with Gasteiger partial charge in [-0.25, -0.2) is 4.39 Å². The van der Waals surface area contributed by atoms with Crippen LogP contribution in [0.1, 0.15) is 40.7 Å². The lowest BCUT2D eigenvalue weighted by atomic mass is 9.52. The molecule has 1 aromatic rings. The molecule has 6 atom stereocenters. The molecule has 2 saturated carbocycles. The molecule has 0 bridgehead atoms. The molecule has 14 heteroatoms. The number of nitrogens with one attached hydrogen (secondary N) is 2. The number of aliphatic hydroxyl groups is 1. The number of likely N-dealkylation sites (tertiary alicyclic amines) is 1. The molecular weight excluding hydrogens is 577 g/mol. The molecule has 13 nitrogen and oxygen atoms in total. The number of ketones is 4. The van der Waals surface area contributed by atoms with Crippen LogP contribution in [-0.2, 0) is 36.8 Å². The van der Waals surface area contributed by atoms with Gasteiger partial charge in [0.25, 0.3) is 0 Å². The van der Waals surface area contributed by atoms with E-state index in [9.17, 15) is 39.0 Å². The number of halogens is 1. The van der Waals surface area contributed by atoms with Crippen molar-refractivity contribution >= 4 is 40.6 Å². The van der Waals surface area contributed by atoms with Crippen molar-refractivity contribution in [2.24, 2.45) is 29.4 Å². The summed E-state index contributed by atoms with van der Waals surface area (Å²) in [6, 6.07) is -1.26. The maximum atomic E-state index is 16.3. The molecule has 4 aliphatic rings. The van der Waals surface area contributed by atoms with Gasteiger partial charge in [0.05, 0.1) is 29.8 Å². The second kappa shape index (κ2) is 11.7. The van der Waals surface area contributed by atoms with E-state index in [-0.39, 0.29) is 49.2 Å². The Kier molecular flexibility index (Phi) is 8.48. The standard InChI is InChI=1S/C30H38FN5O8/c1-33-7-6-14-21(31)15-10-13-11-16-23(35(2)3)26(40)20(29(32)43)28(42)30(16,44)27(41)18(13)24(38)19(15)25(39)22(14)34-17(37)12-36-8-4-5-9-36/h13,16,18,20,23,33,39,44H,4-12H2,1-3H3,(H2,32,43)(H,34,37)/t13-,16-,18?,20?,23-,30-/m0/s1. The van der Waals surface area contributed by atoms with Gasteiger partial charge in [-0.3, -0.25) is 38.6 Å². The third-order valence-electron chi connectivity index (χ3n) is 9.72. The SMILES string of the molecule is CNCCc1c(F)c2c(c(O)c1NC(=O)CN1CCCC1)C(=O)C1C(=O)[C@]3(O)C(=O)C(C(N)=O)C(=O)[C@@H](N(C)C)[C@@H]3C[C@@H]1C2. The largest absolute Gasteiger partial charge is 0.505 e. The van der Waals surface area contributed by atoms with Crippen molar-refractivity contribution in [3.05, 3.63) is 22.5 Å². The topological polar surface area (TPSA) is 199 Å². The second-order valence-electron chi connectivity index (χ2n) is 12.5. The number of carbonyl (C=O) groups excluding carboxylic acids is 6. The number of carbonyl (C=O) groups is 6. The van der Waals surface area contributed by atoms with Gasteiger partial charge in [0.15, 0.2) is 40.4 Å². The van der Waals surface area contributed by atoms with E-state index in [4.69, 9.17) is 5.73 Å². The summed E-state index contributed by atoms with van der Waals surface area (Å²) >= 11 is 0. The van der Waals surface area contributed by atoms with Crippen molar-refractivity contribution < 1.29 is 43.4 Å². The zero-order chi connectivity index (χ0) is 32.2. The van der Waals surface area contributed by atoms with E-state index < -0.39 is 87.4 Å². The van der Waals surface area contributed by atoms with Crippen LogP contribution in [0.15, 0.2) is 0 Å². The number of hydrogen-bond donors (Lipinski definition) is 5. The number of nitrogens with zero attached hydrogens (tertiary/aromatic N) is 2. The number of amides is 2. The van der Waals surface area contributed by atoms with E-state index in [0.717, 1.165) is 12.8 Å². The molecule has 1 heterocycles. The fraction of sp³-hybridized carbons (Fsp3) is 0.600. The Hall–Kier alpha value is -3.59. The summed E-state index contributed by atoms with van der Waals surface area (Å²) < 4.78 is 16.3. The molecular formula is C30H38FN5O8. The zero-order valence-electron chi connectivity index (χ0n) is 24.9. The van der Waals surface area contributed by atoms with Gasteiger partial charge in [0, 0.05) is 17.0 Å². The predicted molar refractivity (Wildman–Crippen MR) is 153 cm³/mol. The lowest BCUT2D eigenvalue weighted by molar-refractivity contribution is -0.181. The number of Topliss-reactive ketones (excluding diaryl/α,β-unsaturated/α-hetero) is 4. The molecule has 6 N–H and O–H groups in total. The van der Waals surface area contributed by atoms with Gasteiger partial charge >= 0.3 is 0 Å². The summed E-state index contributed by atoms with van der Waals surface area (Å²) in [6.07, 6.45) is 1.53. The Morgan fingerprint density at radius 2 is 1.80 bits per heavy atom. The minimum atomic E-state index is -2.88. The monoisotopic (exact) mass is 615 g/mol. The van der Waals surface area contributed by atoms with Crippen LogP contribution in [0, 0.1) is 29.5 Å². The Balaban J connectivity index is 1.59. The summed E-state index contributed by atoms with van der Waals surface area (Å²) in [6.45, 7) is 1.72. The third-order valence-corrected chi connectivity index (χ3v) is 9.72. The molecule has 0 aromatic heterocycles. The van der Waals surface area contributed by atoms with Crippen molar-refractivity contribution in [1.29, 1.82) is 0 Å². The van der Waals surface area contributed by atoms with Crippen LogP contribution in [0.3, 0.4) is 0 Å². The molecule has 2 unspecified atom stereocenters. The Bertz CT molecular complexity index is 1460. The Morgan fingerprint density at radius 1 is 1.14 bits per heavy atom. The molecule has 3 fully saturated rings. The maximum Gasteiger partial charge on any atom is 0.238 e. The van der Waals surface area contributed by atoms with Crippen molar-refractivity contribution in [3.63, 3.8) is 0 Å². The van der Waals surface area contributed by atoms with Crippen LogP contribution >= 0.6 is 0 Å². The van der Waals surface area contributed by atoms with Crippen molar-refractivity contribution in [2.45, 2.75) is 43.7 Å². The fourth-order valence-corrected chi connectivity index (χ4v) is 7.69. The summed E-state index contributed by atoms with van der Waals surface area (Å²) in [5.41, 5.74) is 1.55. The molecule has 0 radical (unpaired) electrons. The minimum Gasteiger partial charge on any atom is -0.505 e. The van der Waals surface area contributed by atoms with E-state index in [0.29, 0.717) is 13.1 Å². The quantitative estimate of drug-likeness (QED) is 0.174. The van der Waals surface area contributed by atoms with Gasteiger partial charge in [0.2, 0.25) is 11.8 Å². The number of benzene rings is 1. The van der Waals surface area contributed by atoms with Gasteiger partial charge < -0.3 is 26.6 Å². The number of anilines is 1. The number of nitrogens with two attached hydrogens (primary N) is 1. The summed E-state index contributed by atoms with van der Waals surface area (Å²) in [7, 11) is 4.63. The number of aromatic hydroxyl groups is 1. The van der Waals surface area contributed by atoms with Gasteiger partial charge in [-0.2, -0.15) is 0 Å². The molecule has 1 aromatic carbocycles. The lowest BCUT2D eigenvalue weighted by Crippen LogP contribution is -2.74. The molecule has 0 spiro atoms. The average Bonchev–Trinajstić information content (AvgIpc) is 3.45. The number of phenolic OH excluding ortho intramolecular Hbond substituents is 1. The molecule has 44 heavy (non-hydrogen) atoms. The van der Waals surface area contributed by atoms with Crippen molar-refractivity contribution in [2.75, 3.05) is 52.6 Å². The predicted octanol–water partition coefficient (Wildman–Crippen LogP) is -1.20. The third kappa shape index (κ3) is 4.84. The first-order valence-electron chi connectivity index (χ1n) is 14.8. The van der Waals surface area contributed by atoms with Gasteiger partial charge in [-0.05, 0) is 78.8 Å². The number of primary amides is 1. The van der Waals surface area contributed by atoms with E-state index in [1.807, 2.05) is 4.90 Å². The van der Waals surface area contributed by atoms with E-state index in [1.54, 1.807) is 7.05 Å². The number of fused-ring (bicyclic) bond motifs is 3. The Labute approximate surface area is 253 Å². The zero-order valence-corrected chi connectivity index (χ0v) is 24.9. The van der Waals surface area contributed by atoms with E-state index >= 15 is 4.39 Å². The highest BCUT2D eigenvalue weighted by Crippen LogP contribution is 2.52. The first-order valence-corrected chi connectivity index (χ1v) is 14.8. The van der Waals surface area contributed by atoms with Crippen LogP contribution in [0.2, 0.25) is 0 Å². The average molecular weight is 616 g/mol. The summed E-state index contributed by atoms with van der Waals surface area (Å²) in [5.74, 6) is -13.8. The maximum absolute atomic E-state index is 16.3. The highest BCUT2D eigenvalue weighted by atomic mass is 19.1. The lowest BCUT2D eigenvalue weighted by Gasteiger charge is -2.52. The molecule has 1 saturated heterocycles. The number of likely N-dealkylation sites (N-methyl/N-ethyl adjacent to an activating group) is 2. The van der Waals surface area contributed by atoms with E-state index in [2.05, 4.69) is 10.6 Å². The van der Waals surface area contributed by atoms with Crippen LogP contribution in [-0.4, -0.2) is 114 Å². The van der Waals surface area contributed by atoms with Gasteiger partial charge in [0.1, 0.15) is 5.82 Å². The minimum absolute atomic E-state index is 0.00403. The van der Waals surface area contributed by atoms with Crippen LogP contribution < -0.4 is 16.4 Å². The normalized spacial score (nSPS) is 30.3. The van der Waals surface area contributed by atoms with Crippen molar-refractivity contribution in [3.8, 4) is 5.75 Å². The number of rotatable bonds is 8. The van der Waals surface area contributed by atoms with Crippen LogP contribution in [0.5, 0.6) is 5.75 Å². The Morgan fingerprint density at radius 3 is 2.39 bits per heavy atom. The summed E-state index contributed by atoms with van der Waals surface area (Å²) in [5, 5.41) is 28.6. The highest BCUT2D eigenvalue weighted by molar-refractivity contribution is 6.32. The smallest absolute Gasteiger partial charge is 0.238 e. The molecule has 238 valence electrons. The van der Waals surface area contributed by atoms with Crippen molar-refractivity contribution in [1.82, 2.24) is 15.1 Å². The molecule has 5 rings (SSSR count). The van der Waals surface area contributed by atoms with Gasteiger partial charge in [-0.1, -0.05) is 0 Å². The highest BCUT2D eigenvalue weighted by Gasteiger charge is 2.69. The van der Waals surface area contributed by atoms with Crippen LogP contribution in [0.4, 0.5) is 10.1 Å². The summed E-state index contributed by atoms with van der Waals surface area (Å²) in [4.78, 5) is 83.1. The second-order valence-corrected chi connectivity index (χ2v) is 12.5. The fourth-order valence-electron chi connectivity index (χ4n) is 7.69. The molecule has 1 aliphatic heterocycles. The molecule has 2 amide bonds. The first kappa shape index (κ1) is 31.8. The van der Waals surface area contributed by atoms with Crippen LogP contribution in [0.25, 0.3) is 0 Å².